The van der Waals surface area contributed by atoms with Crippen LogP contribution in [0.15, 0.2) is 0 Å². The van der Waals surface area contributed by atoms with Gasteiger partial charge < -0.3 is 4.74 Å². The topological polar surface area (TPSA) is 26.3 Å². The van der Waals surface area contributed by atoms with Crippen molar-refractivity contribution in [2.24, 2.45) is 5.92 Å². The third-order valence-corrected chi connectivity index (χ3v) is 2.69. The van der Waals surface area contributed by atoms with E-state index in [1.807, 2.05) is 0 Å². The predicted octanol–water partition coefficient (Wildman–Crippen LogP) is 2.81. The van der Waals surface area contributed by atoms with E-state index in [4.69, 9.17) is 4.74 Å². The molecule has 0 amide bonds. The second-order valence-corrected chi connectivity index (χ2v) is 3.56. The molecule has 0 aromatic heterocycles. The van der Waals surface area contributed by atoms with Gasteiger partial charge >= 0.3 is 0 Å². The fourth-order valence-electron chi connectivity index (χ4n) is 1.57. The van der Waals surface area contributed by atoms with E-state index >= 15 is 0 Å². The molecule has 0 radical (unpaired) electrons. The number of hydrogen-bond acceptors (Lipinski definition) is 2. The maximum Gasteiger partial charge on any atom is 0.132 e. The monoisotopic (exact) mass is 186 g/mol. The highest BCUT2D eigenvalue weighted by atomic mass is 16.5. The van der Waals surface area contributed by atoms with Crippen molar-refractivity contribution < 1.29 is 9.53 Å². The number of carbonyl (C=O) groups excluding carboxylic acids is 1. The van der Waals surface area contributed by atoms with E-state index in [0.29, 0.717) is 11.9 Å². The van der Waals surface area contributed by atoms with Crippen LogP contribution in [0, 0.1) is 5.92 Å². The molecule has 0 saturated carbocycles. The van der Waals surface area contributed by atoms with E-state index in [1.54, 1.807) is 14.0 Å². The van der Waals surface area contributed by atoms with Crippen LogP contribution in [0.2, 0.25) is 0 Å². The molecular weight excluding hydrogens is 164 g/mol. The van der Waals surface area contributed by atoms with Gasteiger partial charge in [-0.3, -0.25) is 4.79 Å². The Labute approximate surface area is 81.7 Å². The van der Waals surface area contributed by atoms with Crippen molar-refractivity contribution in [3.8, 4) is 0 Å². The molecule has 0 N–H and O–H groups in total. The first-order valence-corrected chi connectivity index (χ1v) is 5.18. The lowest BCUT2D eigenvalue weighted by Crippen LogP contribution is -2.15. The summed E-state index contributed by atoms with van der Waals surface area (Å²) in [4.78, 5) is 11.1. The van der Waals surface area contributed by atoms with Crippen LogP contribution in [0.4, 0.5) is 0 Å². The van der Waals surface area contributed by atoms with Gasteiger partial charge in [-0.1, -0.05) is 13.8 Å². The number of hydrogen-bond donors (Lipinski definition) is 0. The summed E-state index contributed by atoms with van der Waals surface area (Å²) in [6.45, 7) is 5.87. The summed E-state index contributed by atoms with van der Waals surface area (Å²) >= 11 is 0. The number of carbonyl (C=O) groups is 1. The summed E-state index contributed by atoms with van der Waals surface area (Å²) in [5, 5.41) is 0. The molecule has 0 fully saturated rings. The van der Waals surface area contributed by atoms with Crippen molar-refractivity contribution in [2.75, 3.05) is 7.11 Å². The number of rotatable bonds is 7. The molecule has 0 aromatic carbocycles. The Balaban J connectivity index is 3.76. The van der Waals surface area contributed by atoms with E-state index in [1.165, 1.54) is 0 Å². The second kappa shape index (κ2) is 7.07. The van der Waals surface area contributed by atoms with Crippen LogP contribution in [-0.2, 0) is 9.53 Å². The zero-order valence-electron chi connectivity index (χ0n) is 9.30. The predicted molar refractivity (Wildman–Crippen MR) is 54.8 cm³/mol. The Morgan fingerprint density at radius 1 is 1.23 bits per heavy atom. The Bertz CT molecular complexity index is 139. The van der Waals surface area contributed by atoms with Crippen LogP contribution in [-0.4, -0.2) is 19.0 Å². The molecule has 13 heavy (non-hydrogen) atoms. The minimum absolute atomic E-state index is 0.240. The summed E-state index contributed by atoms with van der Waals surface area (Å²) in [6, 6.07) is 0. The van der Waals surface area contributed by atoms with E-state index < -0.39 is 0 Å². The van der Waals surface area contributed by atoms with Crippen LogP contribution >= 0.6 is 0 Å². The Morgan fingerprint density at radius 2 is 1.85 bits per heavy atom. The SMILES string of the molecule is CCC(CCC(CC)C(C)=O)OC. The van der Waals surface area contributed by atoms with Gasteiger partial charge in [0, 0.05) is 13.0 Å². The number of ketones is 1. The van der Waals surface area contributed by atoms with Gasteiger partial charge in [0.25, 0.3) is 0 Å². The average molecular weight is 186 g/mol. The standard InChI is InChI=1S/C11H22O2/c1-5-10(9(3)12)7-8-11(6-2)13-4/h10-11H,5-8H2,1-4H3. The molecule has 0 spiro atoms. The molecule has 0 aliphatic rings. The summed E-state index contributed by atoms with van der Waals surface area (Å²) in [5.41, 5.74) is 0. The molecule has 0 heterocycles. The van der Waals surface area contributed by atoms with Gasteiger partial charge in [-0.15, -0.1) is 0 Å². The van der Waals surface area contributed by atoms with Gasteiger partial charge in [0.1, 0.15) is 5.78 Å². The molecule has 78 valence electrons. The van der Waals surface area contributed by atoms with Gasteiger partial charge in [-0.25, -0.2) is 0 Å². The van der Waals surface area contributed by atoms with Crippen LogP contribution in [0.1, 0.15) is 46.5 Å². The number of ether oxygens (including phenoxy) is 1. The van der Waals surface area contributed by atoms with E-state index in [0.717, 1.165) is 25.7 Å². The zero-order valence-corrected chi connectivity index (χ0v) is 9.30. The maximum absolute atomic E-state index is 11.1. The fourth-order valence-corrected chi connectivity index (χ4v) is 1.57. The van der Waals surface area contributed by atoms with Crippen molar-refractivity contribution in [3.05, 3.63) is 0 Å². The second-order valence-electron chi connectivity index (χ2n) is 3.56. The quantitative estimate of drug-likeness (QED) is 0.611. The van der Waals surface area contributed by atoms with Crippen molar-refractivity contribution in [1.29, 1.82) is 0 Å². The van der Waals surface area contributed by atoms with Gasteiger partial charge in [0.05, 0.1) is 6.10 Å². The molecular formula is C11H22O2. The Morgan fingerprint density at radius 3 is 2.15 bits per heavy atom. The molecule has 0 aliphatic heterocycles. The first-order chi connectivity index (χ1) is 6.15. The molecule has 2 atom stereocenters. The van der Waals surface area contributed by atoms with Gasteiger partial charge in [-0.05, 0) is 32.6 Å². The largest absolute Gasteiger partial charge is 0.381 e. The number of Topliss-reactive ketones (excluding diaryl/α,β-unsaturated/α-hetero) is 1. The zero-order chi connectivity index (χ0) is 10.3. The van der Waals surface area contributed by atoms with Crippen LogP contribution in [0.5, 0.6) is 0 Å². The molecule has 0 saturated heterocycles. The smallest absolute Gasteiger partial charge is 0.132 e. The molecule has 0 aliphatic carbocycles. The molecule has 2 nitrogen and oxygen atoms in total. The van der Waals surface area contributed by atoms with E-state index in [9.17, 15) is 4.79 Å². The third kappa shape index (κ3) is 5.04. The lowest BCUT2D eigenvalue weighted by molar-refractivity contribution is -0.121. The van der Waals surface area contributed by atoms with Crippen LogP contribution in [0.25, 0.3) is 0 Å². The lowest BCUT2D eigenvalue weighted by atomic mass is 9.94. The molecule has 2 unspecified atom stereocenters. The van der Waals surface area contributed by atoms with Gasteiger partial charge in [0.15, 0.2) is 0 Å². The maximum atomic E-state index is 11.1. The normalized spacial score (nSPS) is 15.4. The lowest BCUT2D eigenvalue weighted by Gasteiger charge is -2.16. The van der Waals surface area contributed by atoms with Crippen LogP contribution in [0.3, 0.4) is 0 Å². The third-order valence-electron chi connectivity index (χ3n) is 2.69. The first kappa shape index (κ1) is 12.6. The summed E-state index contributed by atoms with van der Waals surface area (Å²) in [6.07, 6.45) is 4.29. The Hall–Kier alpha value is -0.370. The van der Waals surface area contributed by atoms with Crippen molar-refractivity contribution >= 4 is 5.78 Å². The number of methoxy groups -OCH3 is 1. The van der Waals surface area contributed by atoms with E-state index in [2.05, 4.69) is 13.8 Å². The molecule has 0 aromatic rings. The van der Waals surface area contributed by atoms with Crippen LogP contribution < -0.4 is 0 Å². The first-order valence-electron chi connectivity index (χ1n) is 5.18. The highest BCUT2D eigenvalue weighted by Crippen LogP contribution is 2.16. The van der Waals surface area contributed by atoms with Gasteiger partial charge in [0.2, 0.25) is 0 Å². The Kier molecular flexibility index (Phi) is 6.87. The minimum Gasteiger partial charge on any atom is -0.381 e. The minimum atomic E-state index is 0.240. The summed E-state index contributed by atoms with van der Waals surface area (Å²) < 4.78 is 5.26. The van der Waals surface area contributed by atoms with Gasteiger partial charge in [-0.2, -0.15) is 0 Å². The van der Waals surface area contributed by atoms with E-state index in [-0.39, 0.29) is 5.92 Å². The molecule has 2 heteroatoms. The molecule has 0 bridgehead atoms. The summed E-state index contributed by atoms with van der Waals surface area (Å²) in [5.74, 6) is 0.553. The highest BCUT2D eigenvalue weighted by molar-refractivity contribution is 5.78. The average Bonchev–Trinajstić information content (AvgIpc) is 2.12. The van der Waals surface area contributed by atoms with Crippen molar-refractivity contribution in [2.45, 2.75) is 52.6 Å². The molecule has 0 rings (SSSR count). The summed E-state index contributed by atoms with van der Waals surface area (Å²) in [7, 11) is 1.74. The fraction of sp³-hybridized carbons (Fsp3) is 0.909. The van der Waals surface area contributed by atoms with Crippen molar-refractivity contribution in [1.82, 2.24) is 0 Å². The highest BCUT2D eigenvalue weighted by Gasteiger charge is 2.14. The van der Waals surface area contributed by atoms with Crippen molar-refractivity contribution in [3.63, 3.8) is 0 Å².